The number of aryl methyl sites for hydroxylation is 2. The van der Waals surface area contributed by atoms with Gasteiger partial charge in [0.1, 0.15) is 11.3 Å². The zero-order valence-corrected chi connectivity index (χ0v) is 17.2. The maximum Gasteiger partial charge on any atom is 0.227 e. The van der Waals surface area contributed by atoms with Gasteiger partial charge in [0.05, 0.1) is 5.69 Å². The van der Waals surface area contributed by atoms with E-state index in [2.05, 4.69) is 70.4 Å². The van der Waals surface area contributed by atoms with Gasteiger partial charge in [-0.3, -0.25) is 0 Å². The number of aromatic nitrogens is 3. The van der Waals surface area contributed by atoms with Gasteiger partial charge in [0, 0.05) is 16.8 Å². The second kappa shape index (κ2) is 7.23. The van der Waals surface area contributed by atoms with Crippen molar-refractivity contribution in [3.63, 3.8) is 0 Å². The van der Waals surface area contributed by atoms with Crippen molar-refractivity contribution in [2.45, 2.75) is 20.8 Å². The first kappa shape index (κ1) is 18.3. The normalized spacial score (nSPS) is 11.2. The molecule has 3 aromatic carbocycles. The van der Waals surface area contributed by atoms with Gasteiger partial charge in [-0.1, -0.05) is 48.5 Å². The molecular formula is C26H21N3O. The summed E-state index contributed by atoms with van der Waals surface area (Å²) in [5.74, 6) is 1.44. The van der Waals surface area contributed by atoms with Crippen LogP contribution in [0.15, 0.2) is 77.2 Å². The predicted octanol–water partition coefficient (Wildman–Crippen LogP) is 6.54. The summed E-state index contributed by atoms with van der Waals surface area (Å²) in [6.07, 6.45) is 0. The quantitative estimate of drug-likeness (QED) is 0.350. The molecule has 0 radical (unpaired) electrons. The van der Waals surface area contributed by atoms with E-state index in [1.54, 1.807) is 0 Å². The van der Waals surface area contributed by atoms with Crippen molar-refractivity contribution in [1.82, 2.24) is 15.0 Å². The van der Waals surface area contributed by atoms with Crippen molar-refractivity contribution in [3.8, 4) is 33.8 Å². The van der Waals surface area contributed by atoms with E-state index in [-0.39, 0.29) is 0 Å². The Balaban J connectivity index is 1.44. The Morgan fingerprint density at radius 3 is 1.87 bits per heavy atom. The molecule has 5 aromatic rings. The zero-order valence-electron chi connectivity index (χ0n) is 17.2. The molecule has 0 atom stereocenters. The summed E-state index contributed by atoms with van der Waals surface area (Å²) in [4.78, 5) is 13.7. The highest BCUT2D eigenvalue weighted by Crippen LogP contribution is 2.29. The summed E-state index contributed by atoms with van der Waals surface area (Å²) in [7, 11) is 0. The highest BCUT2D eigenvalue weighted by atomic mass is 16.3. The summed E-state index contributed by atoms with van der Waals surface area (Å²) in [6, 6.07) is 24.6. The molecule has 4 nitrogen and oxygen atoms in total. The third kappa shape index (κ3) is 3.26. The maximum atomic E-state index is 5.87. The number of hydrogen-bond donors (Lipinski definition) is 0. The number of hydrogen-bond acceptors (Lipinski definition) is 4. The molecule has 30 heavy (non-hydrogen) atoms. The molecule has 0 unspecified atom stereocenters. The van der Waals surface area contributed by atoms with Gasteiger partial charge < -0.3 is 4.42 Å². The van der Waals surface area contributed by atoms with E-state index in [0.717, 1.165) is 56.1 Å². The number of fused-ring (bicyclic) bond motifs is 1. The summed E-state index contributed by atoms with van der Waals surface area (Å²) in [6.45, 7) is 6.03. The van der Waals surface area contributed by atoms with Crippen LogP contribution in [-0.4, -0.2) is 15.0 Å². The summed E-state index contributed by atoms with van der Waals surface area (Å²) in [5.41, 5.74) is 9.19. The van der Waals surface area contributed by atoms with Crippen LogP contribution >= 0.6 is 0 Å². The summed E-state index contributed by atoms with van der Waals surface area (Å²) < 4.78 is 5.87. The second-order valence-electron chi connectivity index (χ2n) is 7.47. The number of nitrogens with zero attached hydrogens (tertiary/aromatic N) is 3. The lowest BCUT2D eigenvalue weighted by Gasteiger charge is -2.10. The lowest BCUT2D eigenvalue weighted by atomic mass is 10.00. The Morgan fingerprint density at radius 1 is 0.600 bits per heavy atom. The minimum Gasteiger partial charge on any atom is -0.436 e. The Morgan fingerprint density at radius 2 is 1.20 bits per heavy atom. The Labute approximate surface area is 175 Å². The molecule has 0 amide bonds. The smallest absolute Gasteiger partial charge is 0.227 e. The average molecular weight is 391 g/mol. The molecule has 146 valence electrons. The molecule has 4 heteroatoms. The van der Waals surface area contributed by atoms with E-state index in [4.69, 9.17) is 4.42 Å². The van der Waals surface area contributed by atoms with Gasteiger partial charge in [-0.2, -0.15) is 0 Å². The maximum absolute atomic E-state index is 5.87. The third-order valence-corrected chi connectivity index (χ3v) is 5.42. The molecule has 5 rings (SSSR count). The second-order valence-corrected chi connectivity index (χ2v) is 7.47. The van der Waals surface area contributed by atoms with Crippen LogP contribution in [0.3, 0.4) is 0 Å². The zero-order chi connectivity index (χ0) is 20.7. The van der Waals surface area contributed by atoms with Crippen molar-refractivity contribution >= 4 is 11.1 Å². The van der Waals surface area contributed by atoms with E-state index in [9.17, 15) is 0 Å². The minimum atomic E-state index is 0.642. The van der Waals surface area contributed by atoms with E-state index in [1.807, 2.05) is 38.1 Å². The third-order valence-electron chi connectivity index (χ3n) is 5.42. The van der Waals surface area contributed by atoms with Crippen LogP contribution in [0.2, 0.25) is 0 Å². The summed E-state index contributed by atoms with van der Waals surface area (Å²) in [5, 5.41) is 0. The number of rotatable bonds is 3. The van der Waals surface area contributed by atoms with Gasteiger partial charge in [-0.15, -0.1) is 0 Å². The fraction of sp³-hybridized carbons (Fsp3) is 0.115. The first-order valence-electron chi connectivity index (χ1n) is 9.97. The SMILES string of the molecule is Cc1nc(C)c(C)c(-c2ccc(-c3ccc(-c4nc5ccccc5o4)cc3)cc2)n1. The van der Waals surface area contributed by atoms with Crippen LogP contribution in [0.1, 0.15) is 17.1 Å². The molecule has 2 heterocycles. The van der Waals surface area contributed by atoms with Gasteiger partial charge in [0.15, 0.2) is 5.58 Å². The van der Waals surface area contributed by atoms with Crippen LogP contribution in [-0.2, 0) is 0 Å². The Hall–Kier alpha value is -3.79. The van der Waals surface area contributed by atoms with Gasteiger partial charge in [0.25, 0.3) is 0 Å². The molecule has 0 fully saturated rings. The van der Waals surface area contributed by atoms with Crippen LogP contribution < -0.4 is 0 Å². The van der Waals surface area contributed by atoms with Gasteiger partial charge in [0.2, 0.25) is 5.89 Å². The monoisotopic (exact) mass is 391 g/mol. The number of benzene rings is 3. The molecule has 0 aliphatic carbocycles. The van der Waals surface area contributed by atoms with Gasteiger partial charge in [-0.05, 0) is 61.7 Å². The first-order valence-corrected chi connectivity index (χ1v) is 9.97. The molecule has 0 spiro atoms. The summed E-state index contributed by atoms with van der Waals surface area (Å²) >= 11 is 0. The molecule has 0 aliphatic heterocycles. The fourth-order valence-electron chi connectivity index (χ4n) is 3.67. The Bertz CT molecular complexity index is 1320. The molecule has 2 aromatic heterocycles. The van der Waals surface area contributed by atoms with E-state index >= 15 is 0 Å². The van der Waals surface area contributed by atoms with Crippen LogP contribution in [0.4, 0.5) is 0 Å². The first-order chi connectivity index (χ1) is 14.6. The predicted molar refractivity (Wildman–Crippen MR) is 120 cm³/mol. The Kier molecular flexibility index (Phi) is 4.40. The van der Waals surface area contributed by atoms with Gasteiger partial charge >= 0.3 is 0 Å². The van der Waals surface area contributed by atoms with Crippen LogP contribution in [0.25, 0.3) is 44.9 Å². The molecule has 0 saturated carbocycles. The molecule has 0 bridgehead atoms. The van der Waals surface area contributed by atoms with E-state index in [1.165, 1.54) is 0 Å². The number of para-hydroxylation sites is 2. The van der Waals surface area contributed by atoms with Crippen molar-refractivity contribution in [2.75, 3.05) is 0 Å². The fourth-order valence-corrected chi connectivity index (χ4v) is 3.67. The molecular weight excluding hydrogens is 370 g/mol. The average Bonchev–Trinajstić information content (AvgIpc) is 3.21. The highest BCUT2D eigenvalue weighted by Gasteiger charge is 2.10. The molecule has 0 aliphatic rings. The van der Waals surface area contributed by atoms with Crippen LogP contribution in [0, 0.1) is 20.8 Å². The minimum absolute atomic E-state index is 0.642. The van der Waals surface area contributed by atoms with Gasteiger partial charge in [-0.25, -0.2) is 15.0 Å². The van der Waals surface area contributed by atoms with Crippen molar-refractivity contribution < 1.29 is 4.42 Å². The van der Waals surface area contributed by atoms with E-state index < -0.39 is 0 Å². The van der Waals surface area contributed by atoms with Crippen LogP contribution in [0.5, 0.6) is 0 Å². The van der Waals surface area contributed by atoms with Crippen molar-refractivity contribution in [3.05, 3.63) is 89.9 Å². The van der Waals surface area contributed by atoms with Crippen molar-refractivity contribution in [1.29, 1.82) is 0 Å². The molecule has 0 saturated heterocycles. The lowest BCUT2D eigenvalue weighted by Crippen LogP contribution is -1.98. The highest BCUT2D eigenvalue weighted by molar-refractivity contribution is 5.77. The largest absolute Gasteiger partial charge is 0.436 e. The standard InChI is InChI=1S/C26H21N3O/c1-16-17(2)27-18(3)28-25(16)21-12-8-19(9-13-21)20-10-14-22(15-11-20)26-29-23-6-4-5-7-24(23)30-26/h4-15H,1-3H3. The van der Waals surface area contributed by atoms with Crippen molar-refractivity contribution in [2.24, 2.45) is 0 Å². The topological polar surface area (TPSA) is 51.8 Å². The number of oxazole rings is 1. The molecule has 0 N–H and O–H groups in total. The lowest BCUT2D eigenvalue weighted by molar-refractivity contribution is 0.620. The van der Waals surface area contributed by atoms with E-state index in [0.29, 0.717) is 5.89 Å².